The van der Waals surface area contributed by atoms with Crippen LogP contribution >= 0.6 is 0 Å². The molecule has 8 heteroatoms. The maximum absolute atomic E-state index is 12.1. The van der Waals surface area contributed by atoms with Crippen molar-refractivity contribution in [2.24, 2.45) is 0 Å². The van der Waals surface area contributed by atoms with Crippen molar-refractivity contribution in [3.63, 3.8) is 0 Å². The highest BCUT2D eigenvalue weighted by atomic mass is 19.3. The zero-order chi connectivity index (χ0) is 14.5. The van der Waals surface area contributed by atoms with Crippen LogP contribution in [0, 0.1) is 0 Å². The number of carbonyl (C=O) groups is 1. The highest BCUT2D eigenvalue weighted by Crippen LogP contribution is 2.10. The Morgan fingerprint density at radius 2 is 2.32 bits per heavy atom. The number of anilines is 1. The summed E-state index contributed by atoms with van der Waals surface area (Å²) in [5.41, 5.74) is -0.405. The summed E-state index contributed by atoms with van der Waals surface area (Å²) in [5.74, 6) is 0. The van der Waals surface area contributed by atoms with Gasteiger partial charge >= 0.3 is 6.03 Å². The van der Waals surface area contributed by atoms with E-state index in [-0.39, 0.29) is 6.61 Å². The first-order valence-corrected chi connectivity index (χ1v) is 5.89. The Morgan fingerprint density at radius 3 is 2.84 bits per heavy atom. The Balaban J connectivity index is 2.55. The summed E-state index contributed by atoms with van der Waals surface area (Å²) in [7, 11) is 0. The topological polar surface area (TPSA) is 79.2 Å². The van der Waals surface area contributed by atoms with Gasteiger partial charge in [0, 0.05) is 6.20 Å². The van der Waals surface area contributed by atoms with Crippen molar-refractivity contribution in [1.29, 1.82) is 0 Å². The summed E-state index contributed by atoms with van der Waals surface area (Å²) >= 11 is 0. The molecule has 0 saturated heterocycles. The standard InChI is InChI=1S/C11H18F2N4O2/c1-3-11(2,7-18)16-10(19)15-8-4-14-17(5-8)6-9(12)13/h4-5,9,18H,3,6-7H2,1-2H3,(H2,15,16,19). The van der Waals surface area contributed by atoms with Crippen molar-refractivity contribution < 1.29 is 18.7 Å². The van der Waals surface area contributed by atoms with E-state index < -0.39 is 24.5 Å². The maximum atomic E-state index is 12.1. The van der Waals surface area contributed by atoms with E-state index in [4.69, 9.17) is 5.11 Å². The third-order valence-electron chi connectivity index (χ3n) is 2.76. The van der Waals surface area contributed by atoms with E-state index >= 15 is 0 Å². The predicted molar refractivity (Wildman–Crippen MR) is 66.2 cm³/mol. The number of rotatable bonds is 6. The van der Waals surface area contributed by atoms with Crippen molar-refractivity contribution in [2.45, 2.75) is 38.8 Å². The zero-order valence-corrected chi connectivity index (χ0v) is 10.9. The molecule has 1 atom stereocenters. The molecule has 0 saturated carbocycles. The second-order valence-corrected chi connectivity index (χ2v) is 4.49. The lowest BCUT2D eigenvalue weighted by molar-refractivity contribution is 0.122. The molecule has 0 aliphatic carbocycles. The van der Waals surface area contributed by atoms with Crippen LogP contribution in [0.3, 0.4) is 0 Å². The molecule has 1 heterocycles. The van der Waals surface area contributed by atoms with E-state index in [1.807, 2.05) is 6.92 Å². The molecule has 19 heavy (non-hydrogen) atoms. The summed E-state index contributed by atoms with van der Waals surface area (Å²) in [6.45, 7) is 2.82. The first-order valence-electron chi connectivity index (χ1n) is 5.89. The minimum Gasteiger partial charge on any atom is -0.394 e. The quantitative estimate of drug-likeness (QED) is 0.735. The Hall–Kier alpha value is -1.70. The first kappa shape index (κ1) is 15.4. The highest BCUT2D eigenvalue weighted by molar-refractivity contribution is 5.89. The summed E-state index contributed by atoms with van der Waals surface area (Å²) in [5, 5.41) is 17.9. The summed E-state index contributed by atoms with van der Waals surface area (Å²) in [6, 6.07) is -0.519. The lowest BCUT2D eigenvalue weighted by atomic mass is 10.0. The Labute approximate surface area is 109 Å². The summed E-state index contributed by atoms with van der Waals surface area (Å²) < 4.78 is 25.3. The third-order valence-corrected chi connectivity index (χ3v) is 2.76. The van der Waals surface area contributed by atoms with Crippen LogP contribution in [0.25, 0.3) is 0 Å². The van der Waals surface area contributed by atoms with Gasteiger partial charge in [-0.25, -0.2) is 13.6 Å². The largest absolute Gasteiger partial charge is 0.394 e. The van der Waals surface area contributed by atoms with Crippen LogP contribution in [0.1, 0.15) is 20.3 Å². The number of amides is 2. The Bertz CT molecular complexity index is 419. The van der Waals surface area contributed by atoms with E-state index in [1.165, 1.54) is 12.4 Å². The number of carbonyl (C=O) groups excluding carboxylic acids is 1. The van der Waals surface area contributed by atoms with E-state index in [0.717, 1.165) is 4.68 Å². The number of hydrogen-bond donors (Lipinski definition) is 3. The first-order chi connectivity index (χ1) is 8.88. The molecule has 1 aromatic heterocycles. The second kappa shape index (κ2) is 6.46. The average Bonchev–Trinajstić information content (AvgIpc) is 2.75. The summed E-state index contributed by atoms with van der Waals surface area (Å²) in [4.78, 5) is 11.7. The molecule has 0 radical (unpaired) electrons. The SMILES string of the molecule is CCC(C)(CO)NC(=O)Nc1cnn(CC(F)F)c1. The van der Waals surface area contributed by atoms with Gasteiger partial charge in [0.2, 0.25) is 0 Å². The van der Waals surface area contributed by atoms with E-state index in [1.54, 1.807) is 6.92 Å². The number of aliphatic hydroxyl groups is 1. The number of alkyl halides is 2. The average molecular weight is 276 g/mol. The van der Waals surface area contributed by atoms with Gasteiger partial charge in [0.1, 0.15) is 6.54 Å². The second-order valence-electron chi connectivity index (χ2n) is 4.49. The van der Waals surface area contributed by atoms with Gasteiger partial charge in [-0.15, -0.1) is 0 Å². The molecule has 3 N–H and O–H groups in total. The fourth-order valence-electron chi connectivity index (χ4n) is 1.35. The fourth-order valence-corrected chi connectivity index (χ4v) is 1.35. The predicted octanol–water partition coefficient (Wildman–Crippen LogP) is 1.43. The Morgan fingerprint density at radius 1 is 1.63 bits per heavy atom. The maximum Gasteiger partial charge on any atom is 0.319 e. The lowest BCUT2D eigenvalue weighted by Crippen LogP contribution is -2.50. The number of nitrogens with zero attached hydrogens (tertiary/aromatic N) is 2. The van der Waals surface area contributed by atoms with Crippen LogP contribution in [0.15, 0.2) is 12.4 Å². The molecule has 0 aromatic carbocycles. The van der Waals surface area contributed by atoms with Crippen LogP contribution in [0.5, 0.6) is 0 Å². The van der Waals surface area contributed by atoms with Gasteiger partial charge in [-0.05, 0) is 13.3 Å². The van der Waals surface area contributed by atoms with Gasteiger partial charge < -0.3 is 15.7 Å². The number of nitrogens with one attached hydrogen (secondary N) is 2. The van der Waals surface area contributed by atoms with Crippen molar-refractivity contribution in [1.82, 2.24) is 15.1 Å². The van der Waals surface area contributed by atoms with Gasteiger partial charge in [0.05, 0.1) is 24.0 Å². The number of urea groups is 1. The van der Waals surface area contributed by atoms with Crippen LogP contribution in [-0.4, -0.2) is 39.5 Å². The van der Waals surface area contributed by atoms with Gasteiger partial charge in [-0.3, -0.25) is 4.68 Å². The molecule has 1 aromatic rings. The number of halogens is 2. The third kappa shape index (κ3) is 4.82. The van der Waals surface area contributed by atoms with Crippen molar-refractivity contribution in [3.05, 3.63) is 12.4 Å². The minimum atomic E-state index is -2.50. The Kier molecular flexibility index (Phi) is 5.22. The molecule has 0 aliphatic rings. The molecule has 1 unspecified atom stereocenters. The van der Waals surface area contributed by atoms with Crippen LogP contribution < -0.4 is 10.6 Å². The van der Waals surface area contributed by atoms with Crippen molar-refractivity contribution in [2.75, 3.05) is 11.9 Å². The molecule has 6 nitrogen and oxygen atoms in total. The fraction of sp³-hybridized carbons (Fsp3) is 0.636. The van der Waals surface area contributed by atoms with E-state index in [0.29, 0.717) is 12.1 Å². The minimum absolute atomic E-state index is 0.193. The molecule has 2 amide bonds. The van der Waals surface area contributed by atoms with Crippen LogP contribution in [0.4, 0.5) is 19.3 Å². The molecule has 108 valence electrons. The molecule has 0 spiro atoms. The molecular weight excluding hydrogens is 258 g/mol. The van der Waals surface area contributed by atoms with Gasteiger partial charge in [0.15, 0.2) is 0 Å². The number of aromatic nitrogens is 2. The molecule has 0 bridgehead atoms. The van der Waals surface area contributed by atoms with E-state index in [2.05, 4.69) is 15.7 Å². The number of hydrogen-bond acceptors (Lipinski definition) is 3. The monoisotopic (exact) mass is 276 g/mol. The van der Waals surface area contributed by atoms with Crippen molar-refractivity contribution in [3.8, 4) is 0 Å². The molecular formula is C11H18F2N4O2. The molecule has 0 fully saturated rings. The van der Waals surface area contributed by atoms with Crippen LogP contribution in [0.2, 0.25) is 0 Å². The lowest BCUT2D eigenvalue weighted by Gasteiger charge is -2.26. The highest BCUT2D eigenvalue weighted by Gasteiger charge is 2.23. The van der Waals surface area contributed by atoms with Crippen LogP contribution in [-0.2, 0) is 6.54 Å². The zero-order valence-electron chi connectivity index (χ0n) is 10.9. The van der Waals surface area contributed by atoms with Gasteiger partial charge in [-0.2, -0.15) is 5.10 Å². The molecule has 1 rings (SSSR count). The summed E-state index contributed by atoms with van der Waals surface area (Å²) in [6.07, 6.45) is 0.652. The van der Waals surface area contributed by atoms with E-state index in [9.17, 15) is 13.6 Å². The van der Waals surface area contributed by atoms with Gasteiger partial charge in [0.25, 0.3) is 6.43 Å². The molecule has 0 aliphatic heterocycles. The van der Waals surface area contributed by atoms with Gasteiger partial charge in [-0.1, -0.05) is 6.92 Å². The smallest absolute Gasteiger partial charge is 0.319 e. The number of aliphatic hydroxyl groups excluding tert-OH is 1. The van der Waals surface area contributed by atoms with Crippen molar-refractivity contribution >= 4 is 11.7 Å². The normalized spacial score (nSPS) is 14.2.